The van der Waals surface area contributed by atoms with E-state index in [0.29, 0.717) is 33.5 Å². The summed E-state index contributed by atoms with van der Waals surface area (Å²) < 4.78 is 15.9. The number of imide groups is 1. The Labute approximate surface area is 165 Å². The number of anilines is 1. The van der Waals surface area contributed by atoms with Gasteiger partial charge in [-0.05, 0) is 36.0 Å². The number of hydrogen-bond acceptors (Lipinski definition) is 6. The Hall–Kier alpha value is -2.64. The van der Waals surface area contributed by atoms with Gasteiger partial charge in [-0.25, -0.2) is 4.90 Å². The van der Waals surface area contributed by atoms with Crippen molar-refractivity contribution in [1.29, 1.82) is 0 Å². The molecule has 27 heavy (non-hydrogen) atoms. The van der Waals surface area contributed by atoms with E-state index in [4.69, 9.17) is 25.8 Å². The fourth-order valence-corrected chi connectivity index (χ4v) is 3.66. The highest BCUT2D eigenvalue weighted by Crippen LogP contribution is 2.41. The number of amides is 2. The van der Waals surface area contributed by atoms with Crippen LogP contribution in [0.4, 0.5) is 10.5 Å². The van der Waals surface area contributed by atoms with Crippen LogP contribution >= 0.6 is 23.4 Å². The quantitative estimate of drug-likeness (QED) is 0.677. The third kappa shape index (κ3) is 3.61. The predicted molar refractivity (Wildman–Crippen MR) is 106 cm³/mol. The molecule has 140 valence electrons. The molecule has 0 saturated carbocycles. The fraction of sp³-hybridized carbons (Fsp3) is 0.158. The van der Waals surface area contributed by atoms with Gasteiger partial charge in [0.2, 0.25) is 0 Å². The van der Waals surface area contributed by atoms with Gasteiger partial charge in [0.15, 0.2) is 11.5 Å². The summed E-state index contributed by atoms with van der Waals surface area (Å²) in [7, 11) is 4.54. The van der Waals surface area contributed by atoms with Crippen LogP contribution in [0.25, 0.3) is 6.08 Å². The van der Waals surface area contributed by atoms with Crippen LogP contribution in [0, 0.1) is 0 Å². The van der Waals surface area contributed by atoms with Crippen molar-refractivity contribution in [2.75, 3.05) is 26.2 Å². The molecule has 2 aromatic carbocycles. The number of benzene rings is 2. The second-order valence-electron chi connectivity index (χ2n) is 5.42. The molecular weight excluding hydrogens is 390 g/mol. The minimum atomic E-state index is -0.449. The summed E-state index contributed by atoms with van der Waals surface area (Å²) in [5.41, 5.74) is 0.934. The van der Waals surface area contributed by atoms with Crippen LogP contribution in [0.2, 0.25) is 5.02 Å². The molecule has 8 heteroatoms. The number of carbonyl (C=O) groups is 2. The zero-order valence-electron chi connectivity index (χ0n) is 14.8. The van der Waals surface area contributed by atoms with E-state index in [-0.39, 0.29) is 4.91 Å². The summed E-state index contributed by atoms with van der Waals surface area (Å²) in [6, 6.07) is 10.0. The number of thioether (sulfide) groups is 1. The van der Waals surface area contributed by atoms with Crippen molar-refractivity contribution in [2.45, 2.75) is 0 Å². The molecule has 1 aliphatic heterocycles. The van der Waals surface area contributed by atoms with Crippen molar-refractivity contribution < 1.29 is 23.8 Å². The number of ether oxygens (including phenoxy) is 3. The summed E-state index contributed by atoms with van der Waals surface area (Å²) in [4.78, 5) is 26.5. The van der Waals surface area contributed by atoms with Crippen LogP contribution in [0.3, 0.4) is 0 Å². The second kappa shape index (κ2) is 7.94. The third-order valence-electron chi connectivity index (χ3n) is 3.91. The average Bonchev–Trinajstić information content (AvgIpc) is 2.95. The number of carbonyl (C=O) groups excluding carboxylic acids is 2. The van der Waals surface area contributed by atoms with Crippen LogP contribution in [0.5, 0.6) is 17.2 Å². The molecule has 1 saturated heterocycles. The molecule has 3 rings (SSSR count). The first-order chi connectivity index (χ1) is 13.0. The van der Waals surface area contributed by atoms with E-state index in [0.717, 1.165) is 16.7 Å². The lowest BCUT2D eigenvalue weighted by molar-refractivity contribution is -0.113. The summed E-state index contributed by atoms with van der Waals surface area (Å²) in [6.45, 7) is 0. The first kappa shape index (κ1) is 19.1. The molecule has 2 aromatic rings. The number of halogens is 1. The van der Waals surface area contributed by atoms with Crippen molar-refractivity contribution in [2.24, 2.45) is 0 Å². The largest absolute Gasteiger partial charge is 0.496 e. The van der Waals surface area contributed by atoms with Crippen LogP contribution in [-0.4, -0.2) is 32.5 Å². The Balaban J connectivity index is 2.03. The molecule has 6 nitrogen and oxygen atoms in total. The maximum atomic E-state index is 12.8. The zero-order chi connectivity index (χ0) is 19.6. The van der Waals surface area contributed by atoms with Gasteiger partial charge in [-0.1, -0.05) is 23.7 Å². The van der Waals surface area contributed by atoms with Gasteiger partial charge in [0, 0.05) is 11.6 Å². The van der Waals surface area contributed by atoms with Crippen LogP contribution < -0.4 is 19.1 Å². The van der Waals surface area contributed by atoms with Gasteiger partial charge in [-0.2, -0.15) is 0 Å². The minimum Gasteiger partial charge on any atom is -0.496 e. The maximum absolute atomic E-state index is 12.8. The molecule has 2 amide bonds. The Morgan fingerprint density at radius 3 is 2.22 bits per heavy atom. The number of para-hydroxylation sites is 1. The Morgan fingerprint density at radius 1 is 0.963 bits per heavy atom. The minimum absolute atomic E-state index is 0.255. The number of hydrogen-bond donors (Lipinski definition) is 0. The van der Waals surface area contributed by atoms with E-state index >= 15 is 0 Å². The third-order valence-corrected chi connectivity index (χ3v) is 5.10. The molecule has 0 aliphatic carbocycles. The summed E-state index contributed by atoms with van der Waals surface area (Å²) in [6.07, 6.45) is 1.59. The highest BCUT2D eigenvalue weighted by Gasteiger charge is 2.37. The highest BCUT2D eigenvalue weighted by molar-refractivity contribution is 8.19. The molecule has 0 atom stereocenters. The highest BCUT2D eigenvalue weighted by atomic mass is 35.5. The van der Waals surface area contributed by atoms with Gasteiger partial charge >= 0.3 is 0 Å². The average molecular weight is 406 g/mol. The molecule has 0 radical (unpaired) electrons. The fourth-order valence-electron chi connectivity index (χ4n) is 2.62. The van der Waals surface area contributed by atoms with Gasteiger partial charge in [-0.3, -0.25) is 9.59 Å². The Bertz CT molecular complexity index is 944. The zero-order valence-corrected chi connectivity index (χ0v) is 16.4. The Morgan fingerprint density at radius 2 is 1.59 bits per heavy atom. The van der Waals surface area contributed by atoms with Gasteiger partial charge in [0.1, 0.15) is 5.75 Å². The van der Waals surface area contributed by atoms with Crippen molar-refractivity contribution >= 4 is 46.3 Å². The SMILES string of the molecule is COc1cc(OC)c(OC)cc1C=C1SC(=O)N(c2ccccc2Cl)C1=O. The van der Waals surface area contributed by atoms with E-state index in [1.54, 1.807) is 42.5 Å². The first-order valence-electron chi connectivity index (χ1n) is 7.82. The first-order valence-corrected chi connectivity index (χ1v) is 9.02. The molecule has 0 N–H and O–H groups in total. The lowest BCUT2D eigenvalue weighted by Crippen LogP contribution is -2.27. The topological polar surface area (TPSA) is 65.1 Å². The van der Waals surface area contributed by atoms with Crippen molar-refractivity contribution in [1.82, 2.24) is 0 Å². The number of methoxy groups -OCH3 is 3. The molecule has 0 spiro atoms. The monoisotopic (exact) mass is 405 g/mol. The van der Waals surface area contributed by atoms with Crippen molar-refractivity contribution in [3.8, 4) is 17.2 Å². The van der Waals surface area contributed by atoms with Gasteiger partial charge in [-0.15, -0.1) is 0 Å². The normalized spacial score (nSPS) is 15.4. The van der Waals surface area contributed by atoms with Crippen LogP contribution in [0.15, 0.2) is 41.3 Å². The lowest BCUT2D eigenvalue weighted by Gasteiger charge is -2.14. The molecule has 1 fully saturated rings. The Kier molecular flexibility index (Phi) is 5.62. The molecule has 1 heterocycles. The van der Waals surface area contributed by atoms with E-state index in [2.05, 4.69) is 0 Å². The van der Waals surface area contributed by atoms with Crippen LogP contribution in [-0.2, 0) is 4.79 Å². The predicted octanol–water partition coefficient (Wildman–Crippen LogP) is 4.61. The molecular formula is C19H16ClNO5S. The molecule has 1 aliphatic rings. The molecule has 0 aromatic heterocycles. The standard InChI is InChI=1S/C19H16ClNO5S/c1-24-14-10-16(26-3)15(25-2)8-11(14)9-17-18(22)21(19(23)27-17)13-7-5-4-6-12(13)20/h4-10H,1-3H3. The smallest absolute Gasteiger partial charge is 0.298 e. The second-order valence-corrected chi connectivity index (χ2v) is 6.82. The van der Waals surface area contributed by atoms with Crippen LogP contribution in [0.1, 0.15) is 5.56 Å². The molecule has 0 unspecified atom stereocenters. The summed E-state index contributed by atoms with van der Waals surface area (Å²) >= 11 is 6.97. The summed E-state index contributed by atoms with van der Waals surface area (Å²) in [5.74, 6) is 1.01. The molecule has 0 bridgehead atoms. The van der Waals surface area contributed by atoms with E-state index < -0.39 is 11.1 Å². The van der Waals surface area contributed by atoms with Crippen molar-refractivity contribution in [3.05, 3.63) is 51.9 Å². The van der Waals surface area contributed by atoms with Crippen molar-refractivity contribution in [3.63, 3.8) is 0 Å². The number of nitrogens with zero attached hydrogens (tertiary/aromatic N) is 1. The van der Waals surface area contributed by atoms with E-state index in [9.17, 15) is 9.59 Å². The van der Waals surface area contributed by atoms with Gasteiger partial charge in [0.05, 0.1) is 36.9 Å². The van der Waals surface area contributed by atoms with Gasteiger partial charge in [0.25, 0.3) is 11.1 Å². The lowest BCUT2D eigenvalue weighted by atomic mass is 10.1. The maximum Gasteiger partial charge on any atom is 0.298 e. The number of rotatable bonds is 5. The summed E-state index contributed by atoms with van der Waals surface area (Å²) in [5, 5.41) is -0.0939. The van der Waals surface area contributed by atoms with Gasteiger partial charge < -0.3 is 14.2 Å². The van der Waals surface area contributed by atoms with E-state index in [1.165, 1.54) is 21.3 Å². The van der Waals surface area contributed by atoms with E-state index in [1.807, 2.05) is 0 Å².